The molecule has 0 bridgehead atoms. The Hall–Kier alpha value is -0.820. The minimum Gasteiger partial charge on any atom is -0.397 e. The lowest BCUT2D eigenvalue weighted by molar-refractivity contribution is 0.117. The van der Waals surface area contributed by atoms with E-state index in [0.29, 0.717) is 23.3 Å². The number of halogens is 1. The van der Waals surface area contributed by atoms with Gasteiger partial charge in [0, 0.05) is 25.2 Å². The van der Waals surface area contributed by atoms with Gasteiger partial charge in [-0.25, -0.2) is 8.42 Å². The quantitative estimate of drug-likeness (QED) is 0.840. The molecule has 2 unspecified atom stereocenters. The van der Waals surface area contributed by atoms with Gasteiger partial charge in [0.1, 0.15) is 0 Å². The van der Waals surface area contributed by atoms with Gasteiger partial charge in [-0.15, -0.1) is 0 Å². The molecule has 0 aromatic heterocycles. The van der Waals surface area contributed by atoms with Crippen LogP contribution < -0.4 is 5.73 Å². The maximum absolute atomic E-state index is 12.9. The van der Waals surface area contributed by atoms with Gasteiger partial charge in [0.2, 0.25) is 10.0 Å². The van der Waals surface area contributed by atoms with Crippen molar-refractivity contribution in [3.63, 3.8) is 0 Å². The van der Waals surface area contributed by atoms with Crippen molar-refractivity contribution < 1.29 is 8.42 Å². The first-order valence-electron chi connectivity index (χ1n) is 7.20. The van der Waals surface area contributed by atoms with Gasteiger partial charge >= 0.3 is 0 Å². The number of fused-ring (bicyclic) bond motifs is 1. The number of piperazine rings is 1. The summed E-state index contributed by atoms with van der Waals surface area (Å²) in [6.07, 6.45) is 2.22. The van der Waals surface area contributed by atoms with Gasteiger partial charge in [-0.1, -0.05) is 11.6 Å². The predicted molar refractivity (Wildman–Crippen MR) is 83.8 cm³/mol. The van der Waals surface area contributed by atoms with Gasteiger partial charge in [0.05, 0.1) is 15.6 Å². The summed E-state index contributed by atoms with van der Waals surface area (Å²) in [7, 11) is -3.52. The third-order valence-electron chi connectivity index (χ3n) is 4.45. The minimum absolute atomic E-state index is 0.0266. The van der Waals surface area contributed by atoms with E-state index in [4.69, 9.17) is 17.3 Å². The lowest BCUT2D eigenvalue weighted by atomic mass is 10.1. The summed E-state index contributed by atoms with van der Waals surface area (Å²) in [6, 6.07) is 4.84. The Morgan fingerprint density at radius 1 is 1.33 bits per heavy atom. The summed E-state index contributed by atoms with van der Waals surface area (Å²) in [5, 5.41) is 0.377. The molecule has 0 radical (unpaired) electrons. The molecular formula is C14H20ClN3O2S. The molecule has 2 saturated heterocycles. The first kappa shape index (κ1) is 15.1. The molecule has 0 amide bonds. The highest BCUT2D eigenvalue weighted by molar-refractivity contribution is 7.89. The van der Waals surface area contributed by atoms with E-state index in [1.54, 1.807) is 10.4 Å². The van der Waals surface area contributed by atoms with E-state index in [-0.39, 0.29) is 10.9 Å². The number of rotatable bonds is 2. The maximum atomic E-state index is 12.9. The largest absolute Gasteiger partial charge is 0.397 e. The molecule has 21 heavy (non-hydrogen) atoms. The molecule has 2 fully saturated rings. The van der Waals surface area contributed by atoms with E-state index in [1.165, 1.54) is 12.1 Å². The number of benzene rings is 1. The summed E-state index contributed by atoms with van der Waals surface area (Å²) < 4.78 is 27.3. The Morgan fingerprint density at radius 2 is 2.10 bits per heavy atom. The van der Waals surface area contributed by atoms with Crippen LogP contribution >= 0.6 is 11.6 Å². The highest BCUT2D eigenvalue weighted by atomic mass is 35.5. The monoisotopic (exact) mass is 329 g/mol. The number of nitrogens with zero attached hydrogens (tertiary/aromatic N) is 2. The van der Waals surface area contributed by atoms with E-state index in [9.17, 15) is 8.42 Å². The second kappa shape index (κ2) is 5.43. The van der Waals surface area contributed by atoms with E-state index in [0.717, 1.165) is 25.9 Å². The Bertz CT molecular complexity index is 650. The lowest BCUT2D eigenvalue weighted by Gasteiger charge is -2.41. The number of nitrogen functional groups attached to an aromatic ring is 1. The fraction of sp³-hybridized carbons (Fsp3) is 0.571. The molecule has 3 rings (SSSR count). The van der Waals surface area contributed by atoms with Crippen molar-refractivity contribution in [1.29, 1.82) is 0 Å². The second-order valence-corrected chi connectivity index (χ2v) is 8.20. The number of anilines is 1. The fourth-order valence-corrected chi connectivity index (χ4v) is 5.13. The molecule has 2 aliphatic heterocycles. The zero-order valence-electron chi connectivity index (χ0n) is 12.0. The zero-order chi connectivity index (χ0) is 15.2. The molecule has 2 atom stereocenters. The highest BCUT2D eigenvalue weighted by Crippen LogP contribution is 2.30. The molecule has 0 spiro atoms. The average Bonchev–Trinajstić information content (AvgIpc) is 2.87. The van der Waals surface area contributed by atoms with Gasteiger partial charge in [-0.05, 0) is 44.5 Å². The van der Waals surface area contributed by atoms with Gasteiger partial charge < -0.3 is 5.73 Å². The van der Waals surface area contributed by atoms with Crippen molar-refractivity contribution in [2.45, 2.75) is 36.7 Å². The van der Waals surface area contributed by atoms with Crippen LogP contribution in [0.4, 0.5) is 5.69 Å². The molecule has 2 aliphatic rings. The highest BCUT2D eigenvalue weighted by Gasteiger charge is 2.40. The van der Waals surface area contributed by atoms with Gasteiger partial charge in [0.25, 0.3) is 0 Å². The van der Waals surface area contributed by atoms with Crippen LogP contribution in [-0.2, 0) is 10.0 Å². The topological polar surface area (TPSA) is 66.6 Å². The van der Waals surface area contributed by atoms with E-state index >= 15 is 0 Å². The van der Waals surface area contributed by atoms with E-state index < -0.39 is 10.0 Å². The molecule has 0 saturated carbocycles. The number of nitrogens with two attached hydrogens (primary N) is 1. The molecule has 2 heterocycles. The van der Waals surface area contributed by atoms with Crippen LogP contribution in [0.3, 0.4) is 0 Å². The first-order chi connectivity index (χ1) is 9.89. The Balaban J connectivity index is 1.91. The predicted octanol–water partition coefficient (Wildman–Crippen LogP) is 1.78. The van der Waals surface area contributed by atoms with Gasteiger partial charge in [-0.2, -0.15) is 4.31 Å². The molecule has 1 aromatic rings. The molecule has 0 aliphatic carbocycles. The lowest BCUT2D eigenvalue weighted by Crippen LogP contribution is -2.56. The summed E-state index contributed by atoms with van der Waals surface area (Å²) >= 11 is 5.88. The number of hydrogen-bond acceptors (Lipinski definition) is 4. The van der Waals surface area contributed by atoms with Crippen molar-refractivity contribution in [3.05, 3.63) is 23.2 Å². The van der Waals surface area contributed by atoms with Crippen LogP contribution in [0, 0.1) is 0 Å². The van der Waals surface area contributed by atoms with Crippen molar-refractivity contribution in [2.24, 2.45) is 0 Å². The normalized spacial score (nSPS) is 27.7. The zero-order valence-corrected chi connectivity index (χ0v) is 13.6. The van der Waals surface area contributed by atoms with Crippen molar-refractivity contribution in [2.75, 3.05) is 25.4 Å². The van der Waals surface area contributed by atoms with Crippen LogP contribution in [0.15, 0.2) is 23.1 Å². The average molecular weight is 330 g/mol. The SMILES string of the molecule is CC1CN2CCCC2CN1S(=O)(=O)c1ccc(Cl)c(N)c1. The Labute approximate surface area is 130 Å². The van der Waals surface area contributed by atoms with E-state index in [1.807, 2.05) is 6.92 Å². The smallest absolute Gasteiger partial charge is 0.243 e. The molecule has 7 heteroatoms. The molecule has 2 N–H and O–H groups in total. The van der Waals surface area contributed by atoms with Crippen LogP contribution in [0.5, 0.6) is 0 Å². The van der Waals surface area contributed by atoms with Crippen molar-refractivity contribution >= 4 is 27.3 Å². The fourth-order valence-electron chi connectivity index (χ4n) is 3.31. The minimum atomic E-state index is -3.52. The number of sulfonamides is 1. The van der Waals surface area contributed by atoms with Crippen LogP contribution in [0.1, 0.15) is 19.8 Å². The summed E-state index contributed by atoms with van der Waals surface area (Å²) in [4.78, 5) is 2.62. The molecule has 5 nitrogen and oxygen atoms in total. The van der Waals surface area contributed by atoms with Gasteiger partial charge in [0.15, 0.2) is 0 Å². The molecule has 116 valence electrons. The first-order valence-corrected chi connectivity index (χ1v) is 9.02. The van der Waals surface area contributed by atoms with Crippen molar-refractivity contribution in [1.82, 2.24) is 9.21 Å². The van der Waals surface area contributed by atoms with Crippen molar-refractivity contribution in [3.8, 4) is 0 Å². The van der Waals surface area contributed by atoms with Crippen LogP contribution in [0.25, 0.3) is 0 Å². The Morgan fingerprint density at radius 3 is 2.81 bits per heavy atom. The standard InChI is InChI=1S/C14H20ClN3O2S/c1-10-8-17-6-2-3-11(17)9-18(10)21(19,20)12-4-5-13(15)14(16)7-12/h4-5,7,10-11H,2-3,6,8-9,16H2,1H3. The Kier molecular flexibility index (Phi) is 3.90. The maximum Gasteiger partial charge on any atom is 0.243 e. The summed E-state index contributed by atoms with van der Waals surface area (Å²) in [5.74, 6) is 0. The van der Waals surface area contributed by atoms with Crippen LogP contribution in [-0.4, -0.2) is 49.3 Å². The molecule has 1 aromatic carbocycles. The third-order valence-corrected chi connectivity index (χ3v) is 6.77. The summed E-state index contributed by atoms with van der Waals surface area (Å²) in [6.45, 7) is 4.40. The van der Waals surface area contributed by atoms with E-state index in [2.05, 4.69) is 4.90 Å². The number of hydrogen-bond donors (Lipinski definition) is 1. The van der Waals surface area contributed by atoms with Gasteiger partial charge in [-0.3, -0.25) is 4.90 Å². The second-order valence-electron chi connectivity index (χ2n) is 5.90. The van der Waals surface area contributed by atoms with Crippen LogP contribution in [0.2, 0.25) is 5.02 Å². The summed E-state index contributed by atoms with van der Waals surface area (Å²) in [5.41, 5.74) is 6.04. The molecular weight excluding hydrogens is 310 g/mol. The third kappa shape index (κ3) is 2.65.